The summed E-state index contributed by atoms with van der Waals surface area (Å²) in [4.78, 5) is 10.6. The first-order valence-electron chi connectivity index (χ1n) is 5.11. The number of aldehydes is 1. The number of benzene rings is 1. The Hall–Kier alpha value is -0.960. The molecule has 0 spiro atoms. The Morgan fingerprint density at radius 2 is 1.88 bits per heavy atom. The molecule has 0 radical (unpaired) electrons. The van der Waals surface area contributed by atoms with Crippen LogP contribution in [0.5, 0.6) is 0 Å². The summed E-state index contributed by atoms with van der Waals surface area (Å²) in [5.41, 5.74) is 0.456. The molecule has 0 fully saturated rings. The van der Waals surface area contributed by atoms with Gasteiger partial charge in [0, 0.05) is 5.56 Å². The van der Waals surface area contributed by atoms with Gasteiger partial charge in [0.15, 0.2) is 0 Å². The summed E-state index contributed by atoms with van der Waals surface area (Å²) in [6, 6.07) is 6.46. The summed E-state index contributed by atoms with van der Waals surface area (Å²) in [6.45, 7) is 4.08. The molecule has 0 atom stereocenters. The highest BCUT2D eigenvalue weighted by molar-refractivity contribution is 7.62. The van der Waals surface area contributed by atoms with E-state index in [1.165, 1.54) is 6.07 Å². The quantitative estimate of drug-likeness (QED) is 0.567. The number of carbonyl (C=O) groups excluding carboxylic acids is 1. The van der Waals surface area contributed by atoms with Crippen LogP contribution in [0.1, 0.15) is 24.2 Å². The monoisotopic (exact) mass is 242 g/mol. The van der Waals surface area contributed by atoms with Crippen molar-refractivity contribution in [2.45, 2.75) is 13.8 Å². The molecule has 0 bridgehead atoms. The molecule has 1 rings (SSSR count). The molecule has 0 unspecified atom stereocenters. The second-order valence-electron chi connectivity index (χ2n) is 3.05. The summed E-state index contributed by atoms with van der Waals surface area (Å²) in [7, 11) is -3.27. The zero-order chi connectivity index (χ0) is 12.0. The number of carbonyl (C=O) groups is 1. The minimum atomic E-state index is -3.27. The van der Waals surface area contributed by atoms with Crippen LogP contribution in [0.15, 0.2) is 24.3 Å². The van der Waals surface area contributed by atoms with Crippen LogP contribution in [-0.2, 0) is 13.6 Å². The molecule has 0 aliphatic rings. The van der Waals surface area contributed by atoms with E-state index in [1.807, 2.05) is 0 Å². The van der Waals surface area contributed by atoms with Crippen LogP contribution < -0.4 is 5.30 Å². The normalized spacial score (nSPS) is 11.4. The van der Waals surface area contributed by atoms with Crippen LogP contribution in [-0.4, -0.2) is 19.5 Å². The minimum Gasteiger partial charge on any atom is -0.305 e. The van der Waals surface area contributed by atoms with Crippen LogP contribution in [0.4, 0.5) is 0 Å². The molecule has 88 valence electrons. The Kier molecular flexibility index (Phi) is 4.87. The number of hydrogen-bond acceptors (Lipinski definition) is 4. The molecule has 0 aromatic heterocycles. The molecule has 1 aromatic rings. The van der Waals surface area contributed by atoms with Gasteiger partial charge in [0.2, 0.25) is 0 Å². The van der Waals surface area contributed by atoms with Gasteiger partial charge in [-0.05, 0) is 26.0 Å². The van der Waals surface area contributed by atoms with Crippen molar-refractivity contribution in [1.82, 2.24) is 0 Å². The molecule has 0 saturated carbocycles. The highest BCUT2D eigenvalue weighted by Crippen LogP contribution is 2.46. The average Bonchev–Trinajstić information content (AvgIpc) is 2.30. The lowest BCUT2D eigenvalue weighted by Crippen LogP contribution is -2.11. The third-order valence-corrected chi connectivity index (χ3v) is 4.03. The first-order chi connectivity index (χ1) is 7.66. The molecule has 0 aliphatic carbocycles. The van der Waals surface area contributed by atoms with Gasteiger partial charge in [-0.15, -0.1) is 0 Å². The fourth-order valence-corrected chi connectivity index (χ4v) is 2.92. The maximum absolute atomic E-state index is 12.3. The van der Waals surface area contributed by atoms with Gasteiger partial charge in [-0.25, -0.2) is 0 Å². The van der Waals surface area contributed by atoms with Crippen LogP contribution in [0.3, 0.4) is 0 Å². The van der Waals surface area contributed by atoms with Gasteiger partial charge < -0.3 is 9.05 Å². The second-order valence-corrected chi connectivity index (χ2v) is 5.07. The Labute approximate surface area is 95.1 Å². The lowest BCUT2D eigenvalue weighted by molar-refractivity contribution is 0.112. The molecule has 0 aliphatic heterocycles. The summed E-state index contributed by atoms with van der Waals surface area (Å²) in [5, 5.41) is 0.417. The van der Waals surface area contributed by atoms with Gasteiger partial charge in [0.1, 0.15) is 6.29 Å². The van der Waals surface area contributed by atoms with Crippen LogP contribution in [0, 0.1) is 0 Å². The van der Waals surface area contributed by atoms with Crippen molar-refractivity contribution >= 4 is 19.2 Å². The third-order valence-electron chi connectivity index (χ3n) is 1.92. The van der Waals surface area contributed by atoms with Crippen molar-refractivity contribution in [3.63, 3.8) is 0 Å². The van der Waals surface area contributed by atoms with E-state index >= 15 is 0 Å². The maximum atomic E-state index is 12.3. The highest BCUT2D eigenvalue weighted by Gasteiger charge is 2.26. The molecule has 0 saturated heterocycles. The smallest absolute Gasteiger partial charge is 0.305 e. The first-order valence-corrected chi connectivity index (χ1v) is 6.65. The van der Waals surface area contributed by atoms with Crippen molar-refractivity contribution in [3.05, 3.63) is 29.8 Å². The van der Waals surface area contributed by atoms with E-state index in [4.69, 9.17) is 9.05 Å². The zero-order valence-electron chi connectivity index (χ0n) is 9.38. The van der Waals surface area contributed by atoms with E-state index in [2.05, 4.69) is 0 Å². The van der Waals surface area contributed by atoms with Crippen molar-refractivity contribution in [2.75, 3.05) is 13.2 Å². The van der Waals surface area contributed by atoms with Crippen LogP contribution in [0.25, 0.3) is 0 Å². The van der Waals surface area contributed by atoms with Gasteiger partial charge in [-0.3, -0.25) is 9.36 Å². The Morgan fingerprint density at radius 3 is 2.38 bits per heavy atom. The van der Waals surface area contributed by atoms with Crippen molar-refractivity contribution in [2.24, 2.45) is 0 Å². The molecule has 0 heterocycles. The number of hydrogen-bond donors (Lipinski definition) is 0. The third kappa shape index (κ3) is 3.01. The van der Waals surface area contributed by atoms with Crippen molar-refractivity contribution < 1.29 is 18.4 Å². The Morgan fingerprint density at radius 1 is 1.25 bits per heavy atom. The predicted molar refractivity (Wildman–Crippen MR) is 62.3 cm³/mol. The Bertz CT molecular complexity index is 393. The maximum Gasteiger partial charge on any atom is 0.361 e. The predicted octanol–water partition coefficient (Wildman–Crippen LogP) is 2.39. The zero-order valence-corrected chi connectivity index (χ0v) is 10.3. The molecule has 4 nitrogen and oxygen atoms in total. The van der Waals surface area contributed by atoms with E-state index in [0.717, 1.165) is 0 Å². The fourth-order valence-electron chi connectivity index (χ4n) is 1.29. The molecule has 5 heteroatoms. The highest BCUT2D eigenvalue weighted by atomic mass is 31.2. The Balaban J connectivity index is 3.09. The van der Waals surface area contributed by atoms with Gasteiger partial charge in [0.05, 0.1) is 18.5 Å². The van der Waals surface area contributed by atoms with Gasteiger partial charge in [0.25, 0.3) is 0 Å². The first kappa shape index (κ1) is 13.1. The van der Waals surface area contributed by atoms with Gasteiger partial charge in [-0.2, -0.15) is 0 Å². The summed E-state index contributed by atoms with van der Waals surface area (Å²) in [5.74, 6) is 0. The van der Waals surface area contributed by atoms with Crippen LogP contribution >= 0.6 is 7.60 Å². The van der Waals surface area contributed by atoms with E-state index in [0.29, 0.717) is 30.4 Å². The van der Waals surface area contributed by atoms with Crippen LogP contribution in [0.2, 0.25) is 0 Å². The minimum absolute atomic E-state index is 0.294. The summed E-state index contributed by atoms with van der Waals surface area (Å²) >= 11 is 0. The summed E-state index contributed by atoms with van der Waals surface area (Å²) < 4.78 is 22.7. The fraction of sp³-hybridized carbons (Fsp3) is 0.364. The van der Waals surface area contributed by atoms with Gasteiger partial charge >= 0.3 is 7.60 Å². The topological polar surface area (TPSA) is 52.6 Å². The molecule has 0 amide bonds. The number of rotatable bonds is 6. The molecule has 16 heavy (non-hydrogen) atoms. The standard InChI is InChI=1S/C11H15O4P/c1-3-14-16(13,15-4-2)11-7-5-6-10(8-11)9-12/h5-9H,3-4H2,1-2H3. The largest absolute Gasteiger partial charge is 0.361 e. The lowest BCUT2D eigenvalue weighted by Gasteiger charge is -2.17. The SMILES string of the molecule is CCOP(=O)(OCC)c1cccc(C=O)c1. The lowest BCUT2D eigenvalue weighted by atomic mass is 10.2. The van der Waals surface area contributed by atoms with Gasteiger partial charge in [-0.1, -0.05) is 12.1 Å². The van der Waals surface area contributed by atoms with E-state index in [-0.39, 0.29) is 0 Å². The molecular weight excluding hydrogens is 227 g/mol. The second kappa shape index (κ2) is 5.94. The van der Waals surface area contributed by atoms with E-state index < -0.39 is 7.60 Å². The van der Waals surface area contributed by atoms with E-state index in [9.17, 15) is 9.36 Å². The molecular formula is C11H15O4P. The van der Waals surface area contributed by atoms with E-state index in [1.54, 1.807) is 32.0 Å². The van der Waals surface area contributed by atoms with Crippen molar-refractivity contribution in [1.29, 1.82) is 0 Å². The molecule has 0 N–H and O–H groups in total. The summed E-state index contributed by atoms with van der Waals surface area (Å²) in [6.07, 6.45) is 0.700. The van der Waals surface area contributed by atoms with Crippen molar-refractivity contribution in [3.8, 4) is 0 Å². The molecule has 1 aromatic carbocycles. The average molecular weight is 242 g/mol.